The van der Waals surface area contributed by atoms with Crippen LogP contribution in [-0.4, -0.2) is 18.2 Å². The third kappa shape index (κ3) is 4.51. The highest BCUT2D eigenvalue weighted by molar-refractivity contribution is 7.46. The highest BCUT2D eigenvalue weighted by atomic mass is 31.2. The molecular weight excluding hydrogens is 123 g/mol. The fourth-order valence-electron chi connectivity index (χ4n) is 0.385. The predicted molar refractivity (Wildman–Crippen MR) is 35.9 cm³/mol. The van der Waals surface area contributed by atoms with E-state index in [1.165, 1.54) is 0 Å². The standard InChI is InChI=1S/C5H13O2P/c1-3-4-5-8(6)7-2/h6H,3-5H2,1-2H3. The molecule has 1 atom stereocenters. The van der Waals surface area contributed by atoms with Gasteiger partial charge in [-0.15, -0.1) is 0 Å². The van der Waals surface area contributed by atoms with Crippen LogP contribution >= 0.6 is 8.38 Å². The maximum absolute atomic E-state index is 8.83. The minimum atomic E-state index is -1.08. The van der Waals surface area contributed by atoms with Crippen LogP contribution in [0, 0.1) is 0 Å². The van der Waals surface area contributed by atoms with E-state index in [0.717, 1.165) is 19.0 Å². The summed E-state index contributed by atoms with van der Waals surface area (Å²) >= 11 is 0. The Hall–Kier alpha value is 0.350. The monoisotopic (exact) mass is 136 g/mol. The van der Waals surface area contributed by atoms with Gasteiger partial charge in [0.15, 0.2) is 8.38 Å². The second kappa shape index (κ2) is 5.49. The molecule has 0 aliphatic carbocycles. The topological polar surface area (TPSA) is 29.5 Å². The van der Waals surface area contributed by atoms with Crippen LogP contribution in [0.2, 0.25) is 0 Å². The molecule has 8 heavy (non-hydrogen) atoms. The van der Waals surface area contributed by atoms with Gasteiger partial charge in [-0.1, -0.05) is 13.3 Å². The Balaban J connectivity index is 2.86. The van der Waals surface area contributed by atoms with Crippen molar-refractivity contribution in [2.75, 3.05) is 13.3 Å². The van der Waals surface area contributed by atoms with E-state index in [1.807, 2.05) is 0 Å². The molecule has 0 saturated carbocycles. The summed E-state index contributed by atoms with van der Waals surface area (Å²) in [5, 5.41) is 0. The quantitative estimate of drug-likeness (QED) is 0.596. The van der Waals surface area contributed by atoms with Crippen molar-refractivity contribution >= 4 is 8.38 Å². The van der Waals surface area contributed by atoms with Crippen molar-refractivity contribution < 1.29 is 9.42 Å². The molecule has 0 aliphatic rings. The lowest BCUT2D eigenvalue weighted by Gasteiger charge is -2.03. The largest absolute Gasteiger partial charge is 0.350 e. The molecule has 0 spiro atoms. The van der Waals surface area contributed by atoms with Crippen molar-refractivity contribution in [1.82, 2.24) is 0 Å². The van der Waals surface area contributed by atoms with Crippen molar-refractivity contribution in [3.8, 4) is 0 Å². The molecule has 0 aliphatic heterocycles. The lowest BCUT2D eigenvalue weighted by molar-refractivity contribution is 0.389. The summed E-state index contributed by atoms with van der Waals surface area (Å²) in [5.41, 5.74) is 0. The first-order valence-corrected chi connectivity index (χ1v) is 4.21. The van der Waals surface area contributed by atoms with Crippen molar-refractivity contribution in [2.45, 2.75) is 19.8 Å². The Bertz CT molecular complexity index is 49.7. The Kier molecular flexibility index (Phi) is 5.73. The van der Waals surface area contributed by atoms with Crippen LogP contribution in [0.4, 0.5) is 0 Å². The summed E-state index contributed by atoms with van der Waals surface area (Å²) < 4.78 is 4.67. The molecule has 1 unspecified atom stereocenters. The summed E-state index contributed by atoms with van der Waals surface area (Å²) in [6.07, 6.45) is 3.02. The van der Waals surface area contributed by atoms with Crippen molar-refractivity contribution in [3.05, 3.63) is 0 Å². The van der Waals surface area contributed by atoms with Gasteiger partial charge in [-0.05, 0) is 6.42 Å². The molecule has 0 aromatic heterocycles. The normalized spacial score (nSPS) is 13.9. The Labute approximate surface area is 51.8 Å². The third-order valence-corrected chi connectivity index (χ3v) is 2.03. The highest BCUT2D eigenvalue weighted by Crippen LogP contribution is 2.30. The van der Waals surface area contributed by atoms with Gasteiger partial charge in [-0.3, -0.25) is 0 Å². The molecule has 0 aromatic rings. The van der Waals surface area contributed by atoms with Gasteiger partial charge in [0, 0.05) is 13.3 Å². The lowest BCUT2D eigenvalue weighted by atomic mass is 10.4. The van der Waals surface area contributed by atoms with Gasteiger partial charge in [0.05, 0.1) is 0 Å². The average molecular weight is 136 g/mol. The number of hydrogen-bond acceptors (Lipinski definition) is 2. The molecule has 0 radical (unpaired) electrons. The van der Waals surface area contributed by atoms with Crippen LogP contribution < -0.4 is 0 Å². The maximum atomic E-state index is 8.83. The average Bonchev–Trinajstić information content (AvgIpc) is 1.83. The number of rotatable bonds is 4. The van der Waals surface area contributed by atoms with E-state index in [1.54, 1.807) is 7.11 Å². The molecule has 0 saturated heterocycles. The smallest absolute Gasteiger partial charge is 0.167 e. The first-order valence-electron chi connectivity index (χ1n) is 2.81. The number of hydrogen-bond donors (Lipinski definition) is 1. The second-order valence-electron chi connectivity index (χ2n) is 1.61. The predicted octanol–water partition coefficient (Wildman–Crippen LogP) is 1.74. The van der Waals surface area contributed by atoms with E-state index in [9.17, 15) is 0 Å². The van der Waals surface area contributed by atoms with Crippen LogP contribution in [0.5, 0.6) is 0 Å². The second-order valence-corrected chi connectivity index (χ2v) is 3.13. The van der Waals surface area contributed by atoms with Gasteiger partial charge in [0.1, 0.15) is 0 Å². The highest BCUT2D eigenvalue weighted by Gasteiger charge is 1.98. The fraction of sp³-hybridized carbons (Fsp3) is 1.00. The van der Waals surface area contributed by atoms with Crippen LogP contribution in [0.3, 0.4) is 0 Å². The van der Waals surface area contributed by atoms with Gasteiger partial charge < -0.3 is 9.42 Å². The third-order valence-electron chi connectivity index (χ3n) is 0.914. The molecule has 0 bridgehead atoms. The Morgan fingerprint density at radius 2 is 2.25 bits per heavy atom. The van der Waals surface area contributed by atoms with E-state index in [0.29, 0.717) is 0 Å². The maximum Gasteiger partial charge on any atom is 0.167 e. The van der Waals surface area contributed by atoms with Crippen LogP contribution in [0.1, 0.15) is 19.8 Å². The SMILES string of the molecule is CCCCP(O)OC. The van der Waals surface area contributed by atoms with Crippen molar-refractivity contribution in [2.24, 2.45) is 0 Å². The minimum absolute atomic E-state index is 0.822. The van der Waals surface area contributed by atoms with Crippen molar-refractivity contribution in [1.29, 1.82) is 0 Å². The summed E-state index contributed by atoms with van der Waals surface area (Å²) in [7, 11) is 0.459. The van der Waals surface area contributed by atoms with E-state index in [4.69, 9.17) is 4.89 Å². The van der Waals surface area contributed by atoms with Gasteiger partial charge >= 0.3 is 0 Å². The van der Waals surface area contributed by atoms with E-state index in [-0.39, 0.29) is 0 Å². The summed E-state index contributed by atoms with van der Waals surface area (Å²) in [4.78, 5) is 8.83. The molecule has 2 nitrogen and oxygen atoms in total. The number of unbranched alkanes of at least 4 members (excludes halogenated alkanes) is 1. The molecule has 3 heteroatoms. The van der Waals surface area contributed by atoms with Crippen molar-refractivity contribution in [3.63, 3.8) is 0 Å². The molecular formula is C5H13O2P. The molecule has 0 aromatic carbocycles. The minimum Gasteiger partial charge on any atom is -0.350 e. The van der Waals surface area contributed by atoms with Crippen LogP contribution in [-0.2, 0) is 4.52 Å². The first kappa shape index (κ1) is 8.35. The molecule has 1 N–H and O–H groups in total. The van der Waals surface area contributed by atoms with Crippen LogP contribution in [0.15, 0.2) is 0 Å². The van der Waals surface area contributed by atoms with E-state index >= 15 is 0 Å². The van der Waals surface area contributed by atoms with Gasteiger partial charge in [0.25, 0.3) is 0 Å². The molecule has 0 fully saturated rings. The molecule has 0 amide bonds. The molecule has 0 rings (SSSR count). The zero-order valence-electron chi connectivity index (χ0n) is 5.42. The molecule has 0 heterocycles. The summed E-state index contributed by atoms with van der Waals surface area (Å²) in [6, 6.07) is 0. The Morgan fingerprint density at radius 1 is 1.62 bits per heavy atom. The zero-order valence-corrected chi connectivity index (χ0v) is 6.32. The zero-order chi connectivity index (χ0) is 6.41. The van der Waals surface area contributed by atoms with Crippen LogP contribution in [0.25, 0.3) is 0 Å². The lowest BCUT2D eigenvalue weighted by Crippen LogP contribution is -1.83. The fourth-order valence-corrected chi connectivity index (χ4v) is 1.15. The summed E-state index contributed by atoms with van der Waals surface area (Å²) in [5.74, 6) is 0. The van der Waals surface area contributed by atoms with Gasteiger partial charge in [-0.2, -0.15) is 0 Å². The van der Waals surface area contributed by atoms with E-state index < -0.39 is 8.38 Å². The summed E-state index contributed by atoms with van der Waals surface area (Å²) in [6.45, 7) is 2.10. The Morgan fingerprint density at radius 3 is 2.62 bits per heavy atom. The van der Waals surface area contributed by atoms with Gasteiger partial charge in [0.2, 0.25) is 0 Å². The van der Waals surface area contributed by atoms with Gasteiger partial charge in [-0.25, -0.2) is 0 Å². The first-order chi connectivity index (χ1) is 3.81. The molecule has 50 valence electrons. The van der Waals surface area contributed by atoms with E-state index in [2.05, 4.69) is 11.4 Å².